The molecule has 1 fully saturated rings. The van der Waals surface area contributed by atoms with Crippen LogP contribution in [-0.4, -0.2) is 28.9 Å². The molecule has 5 nitrogen and oxygen atoms in total. The van der Waals surface area contributed by atoms with E-state index >= 15 is 0 Å². The molecule has 2 heterocycles. The Hall–Kier alpha value is -1.36. The number of nitrogens with zero attached hydrogens (tertiary/aromatic N) is 3. The third kappa shape index (κ3) is 3.56. The minimum Gasteiger partial charge on any atom is -0.370 e. The summed E-state index contributed by atoms with van der Waals surface area (Å²) in [6, 6.07) is 1.68. The largest absolute Gasteiger partial charge is 0.370 e. The van der Waals surface area contributed by atoms with Crippen molar-refractivity contribution in [1.82, 2.24) is 9.78 Å². The number of hydrogen-bond donors (Lipinski definition) is 1. The lowest BCUT2D eigenvalue weighted by atomic mass is 9.99. The molecule has 1 unspecified atom stereocenters. The molecule has 1 atom stereocenters. The molecule has 106 valence electrons. The molecular weight excluding hydrogens is 240 g/mol. The molecule has 0 amide bonds. The highest BCUT2D eigenvalue weighted by Crippen LogP contribution is 2.20. The Labute approximate surface area is 114 Å². The quantitative estimate of drug-likeness (QED) is 0.888. The van der Waals surface area contributed by atoms with Crippen molar-refractivity contribution in [3.8, 4) is 0 Å². The van der Waals surface area contributed by atoms with Crippen molar-refractivity contribution < 1.29 is 0 Å². The van der Waals surface area contributed by atoms with E-state index in [1.54, 1.807) is 12.3 Å². The van der Waals surface area contributed by atoms with Gasteiger partial charge in [-0.3, -0.25) is 4.79 Å². The van der Waals surface area contributed by atoms with E-state index < -0.39 is 0 Å². The molecular formula is C14H24N4O. The number of piperidine rings is 1. The molecule has 0 radical (unpaired) electrons. The highest BCUT2D eigenvalue weighted by molar-refractivity contribution is 5.43. The van der Waals surface area contributed by atoms with E-state index in [9.17, 15) is 4.79 Å². The molecule has 0 aliphatic carbocycles. The van der Waals surface area contributed by atoms with Crippen LogP contribution in [0, 0.1) is 5.92 Å². The lowest BCUT2D eigenvalue weighted by Gasteiger charge is -2.31. The topological polar surface area (TPSA) is 64.2 Å². The first-order valence-electron chi connectivity index (χ1n) is 7.18. The summed E-state index contributed by atoms with van der Waals surface area (Å²) in [5.41, 5.74) is 6.75. The summed E-state index contributed by atoms with van der Waals surface area (Å²) >= 11 is 0. The van der Waals surface area contributed by atoms with Gasteiger partial charge in [-0.1, -0.05) is 13.8 Å². The predicted octanol–water partition coefficient (Wildman–Crippen LogP) is 1.22. The molecule has 2 rings (SSSR count). The molecule has 0 saturated carbocycles. The highest BCUT2D eigenvalue weighted by Gasteiger charge is 2.17. The summed E-state index contributed by atoms with van der Waals surface area (Å²) in [4.78, 5) is 14.3. The first kappa shape index (κ1) is 14.1. The van der Waals surface area contributed by atoms with E-state index in [1.165, 1.54) is 17.5 Å². The molecule has 2 N–H and O–H groups in total. The fourth-order valence-corrected chi connectivity index (χ4v) is 2.35. The first-order valence-corrected chi connectivity index (χ1v) is 7.18. The van der Waals surface area contributed by atoms with Crippen LogP contribution in [0.4, 0.5) is 5.69 Å². The molecule has 1 saturated heterocycles. The summed E-state index contributed by atoms with van der Waals surface area (Å²) in [5, 5.41) is 4.24. The molecule has 5 heteroatoms. The summed E-state index contributed by atoms with van der Waals surface area (Å²) in [6.45, 7) is 6.81. The van der Waals surface area contributed by atoms with Gasteiger partial charge in [-0.2, -0.15) is 5.10 Å². The molecule has 19 heavy (non-hydrogen) atoms. The second kappa shape index (κ2) is 6.19. The van der Waals surface area contributed by atoms with Gasteiger partial charge in [0.05, 0.1) is 18.4 Å². The van der Waals surface area contributed by atoms with Gasteiger partial charge in [0.25, 0.3) is 5.56 Å². The second-order valence-corrected chi connectivity index (χ2v) is 5.57. The SMILES string of the molecule is CCC(N)Cn1ncc(N2CCC(C)CC2)cc1=O. The van der Waals surface area contributed by atoms with Crippen LogP contribution < -0.4 is 16.2 Å². The lowest BCUT2D eigenvalue weighted by molar-refractivity contribution is 0.436. The zero-order valence-corrected chi connectivity index (χ0v) is 11.9. The van der Waals surface area contributed by atoms with Crippen LogP contribution in [0.2, 0.25) is 0 Å². The van der Waals surface area contributed by atoms with Gasteiger partial charge in [0.1, 0.15) is 0 Å². The van der Waals surface area contributed by atoms with E-state index in [4.69, 9.17) is 5.73 Å². The van der Waals surface area contributed by atoms with Crippen molar-refractivity contribution in [2.45, 2.75) is 45.7 Å². The smallest absolute Gasteiger partial charge is 0.268 e. The normalized spacial score (nSPS) is 18.6. The Balaban J connectivity index is 2.08. The van der Waals surface area contributed by atoms with Crippen LogP contribution >= 0.6 is 0 Å². The molecule has 0 bridgehead atoms. The Morgan fingerprint density at radius 1 is 1.47 bits per heavy atom. The predicted molar refractivity (Wildman–Crippen MR) is 77.4 cm³/mol. The van der Waals surface area contributed by atoms with Gasteiger partial charge in [0.15, 0.2) is 0 Å². The summed E-state index contributed by atoms with van der Waals surface area (Å²) < 4.78 is 1.46. The second-order valence-electron chi connectivity index (χ2n) is 5.57. The van der Waals surface area contributed by atoms with E-state index in [2.05, 4.69) is 16.9 Å². The number of rotatable bonds is 4. The highest BCUT2D eigenvalue weighted by atomic mass is 16.1. The van der Waals surface area contributed by atoms with Crippen LogP contribution in [0.25, 0.3) is 0 Å². The Kier molecular flexibility index (Phi) is 4.58. The van der Waals surface area contributed by atoms with Crippen molar-refractivity contribution in [2.75, 3.05) is 18.0 Å². The zero-order chi connectivity index (χ0) is 13.8. The van der Waals surface area contributed by atoms with Crippen LogP contribution in [-0.2, 0) is 6.54 Å². The Bertz CT molecular complexity index is 463. The zero-order valence-electron chi connectivity index (χ0n) is 11.9. The van der Waals surface area contributed by atoms with E-state index in [1.807, 2.05) is 6.92 Å². The maximum absolute atomic E-state index is 12.0. The van der Waals surface area contributed by atoms with Crippen molar-refractivity contribution in [3.05, 3.63) is 22.6 Å². The van der Waals surface area contributed by atoms with Gasteiger partial charge in [-0.25, -0.2) is 4.68 Å². The van der Waals surface area contributed by atoms with E-state index in [0.29, 0.717) is 6.54 Å². The summed E-state index contributed by atoms with van der Waals surface area (Å²) in [6.07, 6.45) is 5.01. The monoisotopic (exact) mass is 264 g/mol. The first-order chi connectivity index (χ1) is 9.10. The number of anilines is 1. The molecule has 1 aliphatic heterocycles. The standard InChI is InChI=1S/C14H24N4O/c1-3-12(15)10-18-14(19)8-13(9-16-18)17-6-4-11(2)5-7-17/h8-9,11-12H,3-7,10,15H2,1-2H3. The average molecular weight is 264 g/mol. The molecule has 0 aromatic carbocycles. The minimum absolute atomic E-state index is 0.00751. The van der Waals surface area contributed by atoms with Crippen molar-refractivity contribution >= 4 is 5.69 Å². The van der Waals surface area contributed by atoms with Gasteiger partial charge < -0.3 is 10.6 Å². The van der Waals surface area contributed by atoms with Gasteiger partial charge in [-0.05, 0) is 25.2 Å². The third-order valence-corrected chi connectivity index (χ3v) is 3.94. The van der Waals surface area contributed by atoms with Gasteiger partial charge >= 0.3 is 0 Å². The molecule has 1 aliphatic rings. The number of hydrogen-bond acceptors (Lipinski definition) is 4. The van der Waals surface area contributed by atoms with Crippen molar-refractivity contribution in [2.24, 2.45) is 11.7 Å². The van der Waals surface area contributed by atoms with Crippen molar-refractivity contribution in [1.29, 1.82) is 0 Å². The number of aromatic nitrogens is 2. The lowest BCUT2D eigenvalue weighted by Crippen LogP contribution is -2.36. The molecule has 1 aromatic heterocycles. The Morgan fingerprint density at radius 3 is 2.74 bits per heavy atom. The number of nitrogens with two attached hydrogens (primary N) is 1. The minimum atomic E-state index is -0.0555. The summed E-state index contributed by atoms with van der Waals surface area (Å²) in [5.74, 6) is 0.784. The third-order valence-electron chi connectivity index (χ3n) is 3.94. The van der Waals surface area contributed by atoms with E-state index in [-0.39, 0.29) is 11.6 Å². The average Bonchev–Trinajstić information content (AvgIpc) is 2.41. The fraction of sp³-hybridized carbons (Fsp3) is 0.714. The maximum atomic E-state index is 12.0. The molecule has 0 spiro atoms. The van der Waals surface area contributed by atoms with Crippen LogP contribution in [0.5, 0.6) is 0 Å². The van der Waals surface area contributed by atoms with Crippen molar-refractivity contribution in [3.63, 3.8) is 0 Å². The van der Waals surface area contributed by atoms with Crippen LogP contribution in [0.3, 0.4) is 0 Å². The van der Waals surface area contributed by atoms with Gasteiger partial charge in [0.2, 0.25) is 0 Å². The maximum Gasteiger partial charge on any atom is 0.268 e. The fourth-order valence-electron chi connectivity index (χ4n) is 2.35. The van der Waals surface area contributed by atoms with Gasteiger partial charge in [-0.15, -0.1) is 0 Å². The van der Waals surface area contributed by atoms with Crippen LogP contribution in [0.15, 0.2) is 17.1 Å². The van der Waals surface area contributed by atoms with Gasteiger partial charge in [0, 0.05) is 25.2 Å². The Morgan fingerprint density at radius 2 is 2.16 bits per heavy atom. The molecule has 1 aromatic rings. The van der Waals surface area contributed by atoms with Crippen LogP contribution in [0.1, 0.15) is 33.1 Å². The summed E-state index contributed by atoms with van der Waals surface area (Å²) in [7, 11) is 0. The van der Waals surface area contributed by atoms with E-state index in [0.717, 1.165) is 31.1 Å².